The molecule has 0 bridgehead atoms. The van der Waals surface area contributed by atoms with Crippen molar-refractivity contribution in [2.45, 2.75) is 12.8 Å². The zero-order chi connectivity index (χ0) is 12.8. The Morgan fingerprint density at radius 2 is 1.84 bits per heavy atom. The van der Waals surface area contributed by atoms with Crippen LogP contribution < -0.4 is 0 Å². The summed E-state index contributed by atoms with van der Waals surface area (Å²) in [5.41, 5.74) is 2.52. The molecule has 4 rings (SSSR count). The zero-order valence-electron chi connectivity index (χ0n) is 10.6. The van der Waals surface area contributed by atoms with Gasteiger partial charge in [0.1, 0.15) is 5.75 Å². The van der Waals surface area contributed by atoms with E-state index in [1.165, 1.54) is 16.5 Å². The first-order valence-corrected chi connectivity index (χ1v) is 6.67. The van der Waals surface area contributed by atoms with Gasteiger partial charge in [0.2, 0.25) is 0 Å². The fourth-order valence-electron chi connectivity index (χ4n) is 3.10. The molecule has 0 radical (unpaired) electrons. The molecule has 0 heterocycles. The molecule has 0 spiro atoms. The zero-order valence-corrected chi connectivity index (χ0v) is 10.6. The van der Waals surface area contributed by atoms with Gasteiger partial charge in [0, 0.05) is 5.39 Å². The van der Waals surface area contributed by atoms with E-state index in [0.717, 1.165) is 29.0 Å². The molecule has 3 aromatic carbocycles. The van der Waals surface area contributed by atoms with E-state index in [0.29, 0.717) is 5.75 Å². The molecule has 0 aliphatic heterocycles. The molecule has 1 nitrogen and oxygen atoms in total. The van der Waals surface area contributed by atoms with Gasteiger partial charge in [-0.05, 0) is 46.2 Å². The molecule has 1 aliphatic rings. The van der Waals surface area contributed by atoms with Crippen LogP contribution in [0, 0.1) is 0 Å². The van der Waals surface area contributed by atoms with E-state index < -0.39 is 0 Å². The molecule has 0 saturated carbocycles. The lowest BCUT2D eigenvalue weighted by molar-refractivity contribution is 0.481. The van der Waals surface area contributed by atoms with Crippen LogP contribution >= 0.6 is 0 Å². The van der Waals surface area contributed by atoms with Crippen molar-refractivity contribution in [2.75, 3.05) is 0 Å². The summed E-state index contributed by atoms with van der Waals surface area (Å²) >= 11 is 0. The Bertz CT molecular complexity index is 828. The third-order valence-corrected chi connectivity index (χ3v) is 4.00. The molecular formula is C18H14O. The first-order valence-electron chi connectivity index (χ1n) is 6.67. The van der Waals surface area contributed by atoms with Crippen molar-refractivity contribution in [3.8, 4) is 5.75 Å². The lowest BCUT2D eigenvalue weighted by atomic mass is 9.89. The summed E-state index contributed by atoms with van der Waals surface area (Å²) in [7, 11) is 0. The molecule has 1 heteroatoms. The van der Waals surface area contributed by atoms with Crippen molar-refractivity contribution >= 4 is 27.6 Å². The molecule has 0 fully saturated rings. The minimum absolute atomic E-state index is 0.404. The van der Waals surface area contributed by atoms with E-state index in [2.05, 4.69) is 36.4 Å². The molecule has 1 N–H and O–H groups in total. The number of allylic oxidation sites excluding steroid dienone is 1. The van der Waals surface area contributed by atoms with Crippen LogP contribution in [0.1, 0.15) is 17.5 Å². The summed E-state index contributed by atoms with van der Waals surface area (Å²) in [4.78, 5) is 0. The Kier molecular flexibility index (Phi) is 2.16. The second kappa shape index (κ2) is 3.86. The molecule has 0 amide bonds. The summed E-state index contributed by atoms with van der Waals surface area (Å²) in [6.45, 7) is 0. The Balaban J connectivity index is 2.25. The SMILES string of the molecule is Oc1cc2c(c3ccc4ccccc4c13)C=CCC2. The fraction of sp³-hybridized carbons (Fsp3) is 0.111. The second-order valence-corrected chi connectivity index (χ2v) is 5.12. The minimum atomic E-state index is 0.404. The van der Waals surface area contributed by atoms with E-state index in [4.69, 9.17) is 0 Å². The summed E-state index contributed by atoms with van der Waals surface area (Å²) < 4.78 is 0. The number of rotatable bonds is 0. The molecule has 3 aromatic rings. The number of aromatic hydroxyl groups is 1. The van der Waals surface area contributed by atoms with Gasteiger partial charge in [0.05, 0.1) is 0 Å². The van der Waals surface area contributed by atoms with E-state index in [-0.39, 0.29) is 0 Å². The summed E-state index contributed by atoms with van der Waals surface area (Å²) in [6.07, 6.45) is 6.48. The van der Waals surface area contributed by atoms with Crippen LogP contribution in [0.5, 0.6) is 5.75 Å². The van der Waals surface area contributed by atoms with Crippen LogP contribution in [-0.2, 0) is 6.42 Å². The van der Waals surface area contributed by atoms with Crippen LogP contribution in [0.25, 0.3) is 27.6 Å². The number of fused-ring (bicyclic) bond motifs is 5. The summed E-state index contributed by atoms with van der Waals surface area (Å²) in [5.74, 6) is 0.404. The number of phenolic OH excluding ortho intramolecular Hbond substituents is 1. The van der Waals surface area contributed by atoms with Gasteiger partial charge >= 0.3 is 0 Å². The predicted molar refractivity (Wildman–Crippen MR) is 80.5 cm³/mol. The van der Waals surface area contributed by atoms with Crippen molar-refractivity contribution in [3.63, 3.8) is 0 Å². The van der Waals surface area contributed by atoms with Crippen molar-refractivity contribution in [1.29, 1.82) is 0 Å². The third kappa shape index (κ3) is 1.48. The Morgan fingerprint density at radius 3 is 2.79 bits per heavy atom. The van der Waals surface area contributed by atoms with Crippen molar-refractivity contribution in [1.82, 2.24) is 0 Å². The number of benzene rings is 3. The topological polar surface area (TPSA) is 20.2 Å². The number of hydrogen-bond acceptors (Lipinski definition) is 1. The average molecular weight is 246 g/mol. The van der Waals surface area contributed by atoms with Gasteiger partial charge in [-0.25, -0.2) is 0 Å². The van der Waals surface area contributed by atoms with Crippen molar-refractivity contribution < 1.29 is 5.11 Å². The molecule has 0 atom stereocenters. The smallest absolute Gasteiger partial charge is 0.124 e. The molecule has 19 heavy (non-hydrogen) atoms. The first kappa shape index (κ1) is 10.6. The van der Waals surface area contributed by atoms with Crippen LogP contribution in [-0.4, -0.2) is 5.11 Å². The van der Waals surface area contributed by atoms with Crippen LogP contribution in [0.2, 0.25) is 0 Å². The fourth-order valence-corrected chi connectivity index (χ4v) is 3.10. The van der Waals surface area contributed by atoms with Crippen LogP contribution in [0.4, 0.5) is 0 Å². The van der Waals surface area contributed by atoms with Gasteiger partial charge in [0.25, 0.3) is 0 Å². The standard InChI is InChI=1S/C18H14O/c19-17-11-13-6-2-3-7-14(13)16-10-9-12-5-1-4-8-15(12)18(16)17/h1,3-5,7-11,19H,2,6H2. The maximum Gasteiger partial charge on any atom is 0.124 e. The van der Waals surface area contributed by atoms with Gasteiger partial charge in [-0.2, -0.15) is 0 Å². The Labute approximate surface area is 111 Å². The monoisotopic (exact) mass is 246 g/mol. The summed E-state index contributed by atoms with van der Waals surface area (Å²) in [5, 5.41) is 14.8. The molecule has 0 aromatic heterocycles. The number of hydrogen-bond donors (Lipinski definition) is 1. The highest BCUT2D eigenvalue weighted by atomic mass is 16.3. The van der Waals surface area contributed by atoms with Crippen LogP contribution in [0.3, 0.4) is 0 Å². The maximum atomic E-state index is 10.4. The quantitative estimate of drug-likeness (QED) is 0.572. The van der Waals surface area contributed by atoms with Gasteiger partial charge in [0.15, 0.2) is 0 Å². The predicted octanol–water partition coefficient (Wildman–Crippen LogP) is 4.66. The highest BCUT2D eigenvalue weighted by Gasteiger charge is 2.13. The Morgan fingerprint density at radius 1 is 0.947 bits per heavy atom. The van der Waals surface area contributed by atoms with Gasteiger partial charge in [-0.1, -0.05) is 48.6 Å². The Hall–Kier alpha value is -2.28. The van der Waals surface area contributed by atoms with Gasteiger partial charge < -0.3 is 5.11 Å². The number of phenols is 1. The largest absolute Gasteiger partial charge is 0.507 e. The summed E-state index contributed by atoms with van der Waals surface area (Å²) in [6, 6.07) is 14.4. The van der Waals surface area contributed by atoms with E-state index in [9.17, 15) is 5.11 Å². The lowest BCUT2D eigenvalue weighted by Crippen LogP contribution is -1.95. The first-order chi connectivity index (χ1) is 9.34. The highest BCUT2D eigenvalue weighted by Crippen LogP contribution is 2.38. The van der Waals surface area contributed by atoms with E-state index in [1.807, 2.05) is 18.2 Å². The minimum Gasteiger partial charge on any atom is -0.507 e. The average Bonchev–Trinajstić information content (AvgIpc) is 2.46. The molecule has 0 unspecified atom stereocenters. The molecule has 1 aliphatic carbocycles. The van der Waals surface area contributed by atoms with Gasteiger partial charge in [-0.3, -0.25) is 0 Å². The van der Waals surface area contributed by atoms with Crippen LogP contribution in [0.15, 0.2) is 48.5 Å². The third-order valence-electron chi connectivity index (χ3n) is 4.00. The van der Waals surface area contributed by atoms with Crippen molar-refractivity contribution in [3.05, 3.63) is 59.7 Å². The van der Waals surface area contributed by atoms with E-state index >= 15 is 0 Å². The lowest BCUT2D eigenvalue weighted by Gasteiger charge is -2.16. The molecular weight excluding hydrogens is 232 g/mol. The molecule has 0 saturated heterocycles. The molecule has 92 valence electrons. The van der Waals surface area contributed by atoms with Crippen molar-refractivity contribution in [2.24, 2.45) is 0 Å². The number of aryl methyl sites for hydroxylation is 1. The maximum absolute atomic E-state index is 10.4. The second-order valence-electron chi connectivity index (χ2n) is 5.12. The van der Waals surface area contributed by atoms with Gasteiger partial charge in [-0.15, -0.1) is 0 Å². The van der Waals surface area contributed by atoms with E-state index in [1.54, 1.807) is 0 Å². The normalized spacial score (nSPS) is 13.9. The highest BCUT2D eigenvalue weighted by molar-refractivity contribution is 6.13.